The van der Waals surface area contributed by atoms with Crippen molar-refractivity contribution in [1.29, 1.82) is 0 Å². The van der Waals surface area contributed by atoms with E-state index in [0.29, 0.717) is 19.0 Å². The summed E-state index contributed by atoms with van der Waals surface area (Å²) in [7, 11) is 0. The van der Waals surface area contributed by atoms with Crippen molar-refractivity contribution in [2.45, 2.75) is 19.9 Å². The molecule has 0 fully saturated rings. The van der Waals surface area contributed by atoms with Gasteiger partial charge in [-0.2, -0.15) is 0 Å². The first-order valence-electron chi connectivity index (χ1n) is 7.39. The lowest BCUT2D eigenvalue weighted by Crippen LogP contribution is -2.31. The number of carbonyl (C=O) groups is 1. The predicted octanol–water partition coefficient (Wildman–Crippen LogP) is 3.18. The second-order valence-corrected chi connectivity index (χ2v) is 5.58. The molecule has 1 atom stereocenters. The Kier molecular flexibility index (Phi) is 4.04. The predicted molar refractivity (Wildman–Crippen MR) is 81.2 cm³/mol. The molecule has 2 heterocycles. The Hall–Kier alpha value is -2.43. The standard InChI is InChI=1S/C17H19NO4/c1-11(2)16(18-17(19)14-4-3-7-20-14)12-5-6-13-15(10-12)22-9-8-21-13/h3-7,10-11,16H,8-9H2,1-2H3,(H,18,19)/t16-/m1/s1. The monoisotopic (exact) mass is 301 g/mol. The summed E-state index contributed by atoms with van der Waals surface area (Å²) in [5, 5.41) is 3.01. The molecular weight excluding hydrogens is 282 g/mol. The Morgan fingerprint density at radius 2 is 1.91 bits per heavy atom. The Balaban J connectivity index is 1.83. The molecule has 22 heavy (non-hydrogen) atoms. The van der Waals surface area contributed by atoms with Crippen LogP contribution in [0.5, 0.6) is 11.5 Å². The van der Waals surface area contributed by atoms with Crippen molar-refractivity contribution in [3.05, 3.63) is 47.9 Å². The summed E-state index contributed by atoms with van der Waals surface area (Å²) in [5.41, 5.74) is 0.985. The Bertz CT molecular complexity index is 649. The van der Waals surface area contributed by atoms with E-state index in [9.17, 15) is 4.79 Å². The molecule has 2 aromatic rings. The molecule has 1 aromatic carbocycles. The molecule has 0 unspecified atom stereocenters. The zero-order valence-electron chi connectivity index (χ0n) is 12.7. The maximum atomic E-state index is 12.2. The smallest absolute Gasteiger partial charge is 0.287 e. The van der Waals surface area contributed by atoms with Crippen LogP contribution in [0.25, 0.3) is 0 Å². The molecule has 1 aromatic heterocycles. The summed E-state index contributed by atoms with van der Waals surface area (Å²) >= 11 is 0. The fraction of sp³-hybridized carbons (Fsp3) is 0.353. The van der Waals surface area contributed by atoms with Crippen LogP contribution in [0.3, 0.4) is 0 Å². The van der Waals surface area contributed by atoms with E-state index in [1.54, 1.807) is 12.1 Å². The van der Waals surface area contributed by atoms with E-state index >= 15 is 0 Å². The lowest BCUT2D eigenvalue weighted by molar-refractivity contribution is 0.0897. The van der Waals surface area contributed by atoms with E-state index in [0.717, 1.165) is 17.1 Å². The Morgan fingerprint density at radius 3 is 2.59 bits per heavy atom. The molecule has 5 heteroatoms. The van der Waals surface area contributed by atoms with Gasteiger partial charge in [0.15, 0.2) is 17.3 Å². The second kappa shape index (κ2) is 6.13. The fourth-order valence-corrected chi connectivity index (χ4v) is 2.51. The molecule has 3 rings (SSSR count). The summed E-state index contributed by atoms with van der Waals surface area (Å²) in [6.45, 7) is 5.23. The van der Waals surface area contributed by atoms with Crippen LogP contribution in [0, 0.1) is 5.92 Å². The third-order valence-electron chi connectivity index (χ3n) is 3.62. The number of benzene rings is 1. The van der Waals surface area contributed by atoms with Gasteiger partial charge in [0.2, 0.25) is 0 Å². The van der Waals surface area contributed by atoms with Crippen molar-refractivity contribution in [3.63, 3.8) is 0 Å². The van der Waals surface area contributed by atoms with Crippen molar-refractivity contribution >= 4 is 5.91 Å². The molecule has 0 saturated carbocycles. The summed E-state index contributed by atoms with van der Waals surface area (Å²) in [5.74, 6) is 1.78. The average molecular weight is 301 g/mol. The number of rotatable bonds is 4. The summed E-state index contributed by atoms with van der Waals surface area (Å²) in [6.07, 6.45) is 1.49. The van der Waals surface area contributed by atoms with E-state index < -0.39 is 0 Å². The van der Waals surface area contributed by atoms with Crippen LogP contribution in [0.2, 0.25) is 0 Å². The maximum Gasteiger partial charge on any atom is 0.287 e. The highest BCUT2D eigenvalue weighted by Crippen LogP contribution is 2.34. The van der Waals surface area contributed by atoms with Gasteiger partial charge in [-0.15, -0.1) is 0 Å². The minimum atomic E-state index is -0.224. The van der Waals surface area contributed by atoms with Crippen LogP contribution in [-0.2, 0) is 0 Å². The van der Waals surface area contributed by atoms with Crippen LogP contribution in [-0.4, -0.2) is 19.1 Å². The van der Waals surface area contributed by atoms with Crippen molar-refractivity contribution in [3.8, 4) is 11.5 Å². The molecule has 5 nitrogen and oxygen atoms in total. The number of ether oxygens (including phenoxy) is 2. The van der Waals surface area contributed by atoms with Gasteiger partial charge in [-0.25, -0.2) is 0 Å². The van der Waals surface area contributed by atoms with E-state index in [1.165, 1.54) is 6.26 Å². The van der Waals surface area contributed by atoms with Gasteiger partial charge in [0.25, 0.3) is 5.91 Å². The molecule has 116 valence electrons. The lowest BCUT2D eigenvalue weighted by Gasteiger charge is -2.25. The molecule has 1 aliphatic heterocycles. The first kappa shape index (κ1) is 14.5. The number of carbonyl (C=O) groups excluding carboxylic acids is 1. The highest BCUT2D eigenvalue weighted by atomic mass is 16.6. The molecule has 1 amide bonds. The van der Waals surface area contributed by atoms with Gasteiger partial charge >= 0.3 is 0 Å². The third-order valence-corrected chi connectivity index (χ3v) is 3.62. The van der Waals surface area contributed by atoms with Gasteiger partial charge in [0.05, 0.1) is 12.3 Å². The minimum absolute atomic E-state index is 0.131. The van der Waals surface area contributed by atoms with Crippen molar-refractivity contribution < 1.29 is 18.7 Å². The molecule has 1 N–H and O–H groups in total. The largest absolute Gasteiger partial charge is 0.486 e. The number of hydrogen-bond donors (Lipinski definition) is 1. The molecule has 1 aliphatic rings. The van der Waals surface area contributed by atoms with Gasteiger partial charge in [0.1, 0.15) is 13.2 Å². The SMILES string of the molecule is CC(C)[C@@H](NC(=O)c1ccco1)c1ccc2c(c1)OCCO2. The van der Waals surface area contributed by atoms with Crippen molar-refractivity contribution in [2.24, 2.45) is 5.92 Å². The van der Waals surface area contributed by atoms with Gasteiger partial charge in [-0.05, 0) is 35.7 Å². The van der Waals surface area contributed by atoms with Crippen LogP contribution < -0.4 is 14.8 Å². The first-order chi connectivity index (χ1) is 10.6. The molecule has 0 radical (unpaired) electrons. The second-order valence-electron chi connectivity index (χ2n) is 5.58. The molecule has 0 bridgehead atoms. The van der Waals surface area contributed by atoms with E-state index in [2.05, 4.69) is 19.2 Å². The van der Waals surface area contributed by atoms with Gasteiger partial charge in [-0.1, -0.05) is 19.9 Å². The number of hydrogen-bond acceptors (Lipinski definition) is 4. The van der Waals surface area contributed by atoms with Crippen LogP contribution >= 0.6 is 0 Å². The van der Waals surface area contributed by atoms with Crippen LogP contribution in [0.1, 0.15) is 36.0 Å². The zero-order valence-corrected chi connectivity index (χ0v) is 12.7. The van der Waals surface area contributed by atoms with Gasteiger partial charge in [-0.3, -0.25) is 4.79 Å². The summed E-state index contributed by atoms with van der Waals surface area (Å²) < 4.78 is 16.3. The quantitative estimate of drug-likeness (QED) is 0.942. The summed E-state index contributed by atoms with van der Waals surface area (Å²) in [6, 6.07) is 8.99. The number of nitrogens with one attached hydrogen (secondary N) is 1. The lowest BCUT2D eigenvalue weighted by atomic mass is 9.95. The van der Waals surface area contributed by atoms with E-state index in [1.807, 2.05) is 18.2 Å². The first-order valence-corrected chi connectivity index (χ1v) is 7.39. The normalized spacial score (nSPS) is 14.7. The van der Waals surface area contributed by atoms with Gasteiger partial charge < -0.3 is 19.2 Å². The topological polar surface area (TPSA) is 60.7 Å². The highest BCUT2D eigenvalue weighted by Gasteiger charge is 2.22. The minimum Gasteiger partial charge on any atom is -0.486 e. The Labute approximate surface area is 129 Å². The number of fused-ring (bicyclic) bond motifs is 1. The molecule has 0 aliphatic carbocycles. The molecule has 0 saturated heterocycles. The van der Waals surface area contributed by atoms with E-state index in [-0.39, 0.29) is 17.9 Å². The molecular formula is C17H19NO4. The number of amides is 1. The van der Waals surface area contributed by atoms with Crippen LogP contribution in [0.4, 0.5) is 0 Å². The fourth-order valence-electron chi connectivity index (χ4n) is 2.51. The van der Waals surface area contributed by atoms with Crippen LogP contribution in [0.15, 0.2) is 41.0 Å². The van der Waals surface area contributed by atoms with Gasteiger partial charge in [0, 0.05) is 0 Å². The summed E-state index contributed by atoms with van der Waals surface area (Å²) in [4.78, 5) is 12.2. The number of furan rings is 1. The average Bonchev–Trinajstić information content (AvgIpc) is 3.06. The van der Waals surface area contributed by atoms with E-state index in [4.69, 9.17) is 13.9 Å². The van der Waals surface area contributed by atoms with Crippen molar-refractivity contribution in [2.75, 3.05) is 13.2 Å². The van der Waals surface area contributed by atoms with Crippen molar-refractivity contribution in [1.82, 2.24) is 5.32 Å². The highest BCUT2D eigenvalue weighted by molar-refractivity contribution is 5.91. The zero-order chi connectivity index (χ0) is 15.5. The Morgan fingerprint density at radius 1 is 1.14 bits per heavy atom. The third kappa shape index (κ3) is 2.93. The maximum absolute atomic E-state index is 12.2. The molecule has 0 spiro atoms.